The predicted molar refractivity (Wildman–Crippen MR) is 49.5 cm³/mol. The monoisotopic (exact) mass is 181 g/mol. The van der Waals surface area contributed by atoms with E-state index in [1.54, 1.807) is 10.9 Å². The minimum atomic E-state index is 0.285. The van der Waals surface area contributed by atoms with Gasteiger partial charge in [0, 0.05) is 6.54 Å². The molecule has 1 aromatic rings. The number of aromatic nitrogens is 3. The third kappa shape index (κ3) is 3.36. The molecule has 0 aromatic carbocycles. The van der Waals surface area contributed by atoms with Crippen molar-refractivity contribution in [2.45, 2.75) is 33.7 Å². The number of nitrogens with zero attached hydrogens (tertiary/aromatic N) is 3. The Morgan fingerprint density at radius 1 is 1.54 bits per heavy atom. The molecule has 4 nitrogen and oxygen atoms in total. The number of carbonyl (C=O) groups excluding carboxylic acids is 1. The second kappa shape index (κ2) is 3.68. The first kappa shape index (κ1) is 9.89. The van der Waals surface area contributed by atoms with Crippen molar-refractivity contribution in [3.63, 3.8) is 0 Å². The Labute approximate surface area is 77.9 Å². The van der Waals surface area contributed by atoms with Crippen LogP contribution in [0.2, 0.25) is 0 Å². The summed E-state index contributed by atoms with van der Waals surface area (Å²) >= 11 is 0. The van der Waals surface area contributed by atoms with Gasteiger partial charge in [0.05, 0.1) is 6.20 Å². The molecule has 0 unspecified atom stereocenters. The van der Waals surface area contributed by atoms with E-state index in [0.29, 0.717) is 12.0 Å². The summed E-state index contributed by atoms with van der Waals surface area (Å²) in [6.07, 6.45) is 3.40. The van der Waals surface area contributed by atoms with Crippen LogP contribution < -0.4 is 0 Å². The molecule has 0 spiro atoms. The smallest absolute Gasteiger partial charge is 0.171 e. The minimum Gasteiger partial charge on any atom is -0.296 e. The van der Waals surface area contributed by atoms with E-state index in [1.165, 1.54) is 0 Å². The summed E-state index contributed by atoms with van der Waals surface area (Å²) in [7, 11) is 0. The highest BCUT2D eigenvalue weighted by Gasteiger charge is 2.10. The summed E-state index contributed by atoms with van der Waals surface area (Å²) in [4.78, 5) is 10.3. The molecule has 0 fully saturated rings. The average molecular weight is 181 g/mol. The van der Waals surface area contributed by atoms with Crippen LogP contribution in [-0.4, -0.2) is 21.3 Å². The van der Waals surface area contributed by atoms with Crippen LogP contribution in [0.1, 0.15) is 37.7 Å². The Morgan fingerprint density at radius 3 is 2.69 bits per heavy atom. The van der Waals surface area contributed by atoms with Gasteiger partial charge in [-0.1, -0.05) is 26.0 Å². The molecule has 0 amide bonds. The van der Waals surface area contributed by atoms with Crippen LogP contribution in [0.4, 0.5) is 0 Å². The lowest BCUT2D eigenvalue weighted by molar-refractivity contribution is 0.111. The van der Waals surface area contributed by atoms with E-state index >= 15 is 0 Å². The molecule has 0 saturated carbocycles. The molecule has 0 N–H and O–H groups in total. The molecule has 0 radical (unpaired) electrons. The Balaban J connectivity index is 2.50. The number of hydrogen-bond donors (Lipinski definition) is 0. The summed E-state index contributed by atoms with van der Waals surface area (Å²) in [5.41, 5.74) is 0.682. The molecule has 0 aliphatic carbocycles. The summed E-state index contributed by atoms with van der Waals surface area (Å²) in [5.74, 6) is 0. The van der Waals surface area contributed by atoms with Crippen LogP contribution in [0.3, 0.4) is 0 Å². The molecule has 13 heavy (non-hydrogen) atoms. The Hall–Kier alpha value is -1.19. The third-order valence-corrected chi connectivity index (χ3v) is 1.77. The second-order valence-corrected chi connectivity index (χ2v) is 4.33. The minimum absolute atomic E-state index is 0.285. The fraction of sp³-hybridized carbons (Fsp3) is 0.667. The number of aryl methyl sites for hydroxylation is 1. The van der Waals surface area contributed by atoms with Gasteiger partial charge in [-0.05, 0) is 11.8 Å². The molecule has 1 aromatic heterocycles. The van der Waals surface area contributed by atoms with Crippen LogP contribution in [0.25, 0.3) is 0 Å². The summed E-state index contributed by atoms with van der Waals surface area (Å²) in [6, 6.07) is 0. The Kier molecular flexibility index (Phi) is 2.80. The zero-order valence-electron chi connectivity index (χ0n) is 8.32. The molecular weight excluding hydrogens is 166 g/mol. The second-order valence-electron chi connectivity index (χ2n) is 4.33. The van der Waals surface area contributed by atoms with Crippen molar-refractivity contribution in [3.05, 3.63) is 11.9 Å². The standard InChI is InChI=1S/C9H15N3O/c1-9(2,3)4-5-12-6-8(7-13)10-11-12/h6-7H,4-5H2,1-3H3. The average Bonchev–Trinajstić information content (AvgIpc) is 2.47. The molecule has 4 heteroatoms. The number of rotatable bonds is 3. The number of carbonyl (C=O) groups is 1. The van der Waals surface area contributed by atoms with E-state index in [-0.39, 0.29) is 5.41 Å². The fourth-order valence-corrected chi connectivity index (χ4v) is 0.927. The molecule has 0 bridgehead atoms. The van der Waals surface area contributed by atoms with E-state index in [0.717, 1.165) is 13.0 Å². The van der Waals surface area contributed by atoms with Crippen molar-refractivity contribution in [2.75, 3.05) is 0 Å². The predicted octanol–water partition coefficient (Wildman–Crippen LogP) is 1.53. The van der Waals surface area contributed by atoms with Gasteiger partial charge >= 0.3 is 0 Å². The van der Waals surface area contributed by atoms with E-state index in [2.05, 4.69) is 31.1 Å². The van der Waals surface area contributed by atoms with Crippen molar-refractivity contribution < 1.29 is 4.79 Å². The summed E-state index contributed by atoms with van der Waals surface area (Å²) in [6.45, 7) is 7.32. The van der Waals surface area contributed by atoms with Gasteiger partial charge in [-0.25, -0.2) is 0 Å². The first-order valence-electron chi connectivity index (χ1n) is 4.36. The zero-order valence-corrected chi connectivity index (χ0v) is 8.32. The Bertz CT molecular complexity index is 285. The van der Waals surface area contributed by atoms with Gasteiger partial charge in [-0.2, -0.15) is 0 Å². The van der Waals surface area contributed by atoms with Crippen molar-refractivity contribution in [2.24, 2.45) is 5.41 Å². The zero-order chi connectivity index (χ0) is 9.90. The first-order valence-corrected chi connectivity index (χ1v) is 4.36. The van der Waals surface area contributed by atoms with Gasteiger partial charge in [0.25, 0.3) is 0 Å². The molecule has 0 saturated heterocycles. The lowest BCUT2D eigenvalue weighted by atomic mass is 9.92. The summed E-state index contributed by atoms with van der Waals surface area (Å²) in [5, 5.41) is 7.51. The molecule has 0 aliphatic heterocycles. The SMILES string of the molecule is CC(C)(C)CCn1cc(C=O)nn1. The van der Waals surface area contributed by atoms with Crippen molar-refractivity contribution in [1.82, 2.24) is 15.0 Å². The first-order chi connectivity index (χ1) is 6.01. The topological polar surface area (TPSA) is 47.8 Å². The molecular formula is C9H15N3O. The fourth-order valence-electron chi connectivity index (χ4n) is 0.927. The van der Waals surface area contributed by atoms with E-state index in [9.17, 15) is 4.79 Å². The van der Waals surface area contributed by atoms with Crippen LogP contribution >= 0.6 is 0 Å². The van der Waals surface area contributed by atoms with Crippen LogP contribution in [0, 0.1) is 5.41 Å². The number of hydrogen-bond acceptors (Lipinski definition) is 3. The van der Waals surface area contributed by atoms with E-state index in [4.69, 9.17) is 0 Å². The van der Waals surface area contributed by atoms with E-state index in [1.807, 2.05) is 0 Å². The van der Waals surface area contributed by atoms with Crippen LogP contribution in [-0.2, 0) is 6.54 Å². The highest BCUT2D eigenvalue weighted by atomic mass is 16.1. The van der Waals surface area contributed by atoms with Gasteiger partial charge < -0.3 is 0 Å². The summed E-state index contributed by atoms with van der Waals surface area (Å²) < 4.78 is 1.70. The van der Waals surface area contributed by atoms with Crippen molar-refractivity contribution in [1.29, 1.82) is 0 Å². The molecule has 1 rings (SSSR count). The van der Waals surface area contributed by atoms with Crippen molar-refractivity contribution >= 4 is 6.29 Å². The molecule has 72 valence electrons. The van der Waals surface area contributed by atoms with Gasteiger partial charge in [0.15, 0.2) is 6.29 Å². The highest BCUT2D eigenvalue weighted by molar-refractivity contribution is 5.70. The maximum absolute atomic E-state index is 10.3. The number of aldehydes is 1. The third-order valence-electron chi connectivity index (χ3n) is 1.77. The maximum atomic E-state index is 10.3. The van der Waals surface area contributed by atoms with Gasteiger partial charge in [-0.3, -0.25) is 9.48 Å². The normalized spacial score (nSPS) is 11.6. The lowest BCUT2D eigenvalue weighted by Crippen LogP contribution is -2.10. The maximum Gasteiger partial charge on any atom is 0.171 e. The molecule has 1 heterocycles. The van der Waals surface area contributed by atoms with Gasteiger partial charge in [-0.15, -0.1) is 5.10 Å². The largest absolute Gasteiger partial charge is 0.296 e. The molecule has 0 atom stereocenters. The molecule has 0 aliphatic rings. The van der Waals surface area contributed by atoms with Gasteiger partial charge in [0.2, 0.25) is 0 Å². The highest BCUT2D eigenvalue weighted by Crippen LogP contribution is 2.18. The van der Waals surface area contributed by atoms with Crippen molar-refractivity contribution in [3.8, 4) is 0 Å². The van der Waals surface area contributed by atoms with E-state index < -0.39 is 0 Å². The van der Waals surface area contributed by atoms with Crippen LogP contribution in [0.15, 0.2) is 6.20 Å². The quantitative estimate of drug-likeness (QED) is 0.664. The van der Waals surface area contributed by atoms with Crippen LogP contribution in [0.5, 0.6) is 0 Å². The Morgan fingerprint density at radius 2 is 2.23 bits per heavy atom. The lowest BCUT2D eigenvalue weighted by Gasteiger charge is -2.16. The van der Waals surface area contributed by atoms with Gasteiger partial charge in [0.1, 0.15) is 5.69 Å².